The van der Waals surface area contributed by atoms with Gasteiger partial charge in [0, 0.05) is 24.6 Å². The normalized spacial score (nSPS) is 10.3. The molecule has 2 heterocycles. The van der Waals surface area contributed by atoms with E-state index in [0.29, 0.717) is 17.8 Å². The minimum absolute atomic E-state index is 0.154. The standard InChI is InChI=1S/C15H19N5O/c1-10-5-4-6-12(18-10)9-20(3)15(21)13-8-17-11(2)7-14(13)19-16/h4-8H,9,16H2,1-3H3,(H,17,19). The third-order valence-electron chi connectivity index (χ3n) is 3.12. The molecule has 0 saturated carbocycles. The van der Waals surface area contributed by atoms with E-state index in [4.69, 9.17) is 5.84 Å². The fraction of sp³-hybridized carbons (Fsp3) is 0.267. The van der Waals surface area contributed by atoms with Crippen molar-refractivity contribution in [3.05, 3.63) is 53.1 Å². The van der Waals surface area contributed by atoms with E-state index in [1.807, 2.05) is 32.0 Å². The highest BCUT2D eigenvalue weighted by Crippen LogP contribution is 2.17. The average molecular weight is 285 g/mol. The number of hydrazine groups is 1. The van der Waals surface area contributed by atoms with Gasteiger partial charge in [0.05, 0.1) is 23.5 Å². The lowest BCUT2D eigenvalue weighted by molar-refractivity contribution is 0.0784. The van der Waals surface area contributed by atoms with Gasteiger partial charge in [0.1, 0.15) is 0 Å². The van der Waals surface area contributed by atoms with Gasteiger partial charge in [-0.2, -0.15) is 0 Å². The molecule has 1 amide bonds. The summed E-state index contributed by atoms with van der Waals surface area (Å²) in [6.45, 7) is 4.19. The Kier molecular flexibility index (Phi) is 4.49. The molecule has 3 N–H and O–H groups in total. The first-order valence-electron chi connectivity index (χ1n) is 6.62. The van der Waals surface area contributed by atoms with E-state index >= 15 is 0 Å². The van der Waals surface area contributed by atoms with Gasteiger partial charge in [-0.15, -0.1) is 0 Å². The first kappa shape index (κ1) is 14.9. The highest BCUT2D eigenvalue weighted by atomic mass is 16.2. The molecule has 0 fully saturated rings. The lowest BCUT2D eigenvalue weighted by Gasteiger charge is -2.18. The van der Waals surface area contributed by atoms with Crippen molar-refractivity contribution >= 4 is 11.6 Å². The Labute approximate surface area is 124 Å². The Balaban J connectivity index is 2.19. The van der Waals surface area contributed by atoms with Gasteiger partial charge in [-0.1, -0.05) is 6.07 Å². The molecule has 0 radical (unpaired) electrons. The van der Waals surface area contributed by atoms with Crippen molar-refractivity contribution < 1.29 is 4.79 Å². The van der Waals surface area contributed by atoms with E-state index in [0.717, 1.165) is 17.1 Å². The highest BCUT2D eigenvalue weighted by molar-refractivity contribution is 5.99. The van der Waals surface area contributed by atoms with E-state index in [-0.39, 0.29) is 5.91 Å². The fourth-order valence-electron chi connectivity index (χ4n) is 2.06. The highest BCUT2D eigenvalue weighted by Gasteiger charge is 2.17. The topological polar surface area (TPSA) is 84.1 Å². The summed E-state index contributed by atoms with van der Waals surface area (Å²) in [6, 6.07) is 7.49. The van der Waals surface area contributed by atoms with Crippen LogP contribution in [0.15, 0.2) is 30.5 Å². The molecule has 2 rings (SSSR count). The zero-order valence-electron chi connectivity index (χ0n) is 12.4. The zero-order chi connectivity index (χ0) is 15.4. The molecule has 0 bridgehead atoms. The molecular weight excluding hydrogens is 266 g/mol. The summed E-state index contributed by atoms with van der Waals surface area (Å²) in [5, 5.41) is 0. The third-order valence-corrected chi connectivity index (χ3v) is 3.12. The van der Waals surface area contributed by atoms with Crippen LogP contribution in [0.3, 0.4) is 0 Å². The zero-order valence-corrected chi connectivity index (χ0v) is 12.4. The first-order chi connectivity index (χ1) is 10.0. The lowest BCUT2D eigenvalue weighted by atomic mass is 10.2. The van der Waals surface area contributed by atoms with E-state index in [1.54, 1.807) is 18.0 Å². The van der Waals surface area contributed by atoms with Gasteiger partial charge in [0.2, 0.25) is 0 Å². The van der Waals surface area contributed by atoms with Crippen LogP contribution in [-0.4, -0.2) is 27.8 Å². The number of pyridine rings is 2. The van der Waals surface area contributed by atoms with Gasteiger partial charge in [-0.3, -0.25) is 20.6 Å². The maximum Gasteiger partial charge on any atom is 0.257 e. The molecule has 21 heavy (non-hydrogen) atoms. The van der Waals surface area contributed by atoms with Crippen molar-refractivity contribution in [2.24, 2.45) is 5.84 Å². The molecule has 0 saturated heterocycles. The van der Waals surface area contributed by atoms with Crippen molar-refractivity contribution in [1.82, 2.24) is 14.9 Å². The Morgan fingerprint density at radius 1 is 1.33 bits per heavy atom. The number of hydrogen-bond acceptors (Lipinski definition) is 5. The van der Waals surface area contributed by atoms with Crippen LogP contribution >= 0.6 is 0 Å². The smallest absolute Gasteiger partial charge is 0.257 e. The lowest BCUT2D eigenvalue weighted by Crippen LogP contribution is -2.28. The fourth-order valence-corrected chi connectivity index (χ4v) is 2.06. The number of nitrogens with zero attached hydrogens (tertiary/aromatic N) is 3. The van der Waals surface area contributed by atoms with Crippen molar-refractivity contribution in [2.75, 3.05) is 12.5 Å². The second-order valence-electron chi connectivity index (χ2n) is 4.95. The number of aryl methyl sites for hydroxylation is 2. The second-order valence-corrected chi connectivity index (χ2v) is 4.95. The van der Waals surface area contributed by atoms with Crippen LogP contribution in [0.2, 0.25) is 0 Å². The number of nitrogens with two attached hydrogens (primary N) is 1. The summed E-state index contributed by atoms with van der Waals surface area (Å²) in [4.78, 5) is 22.6. The maximum absolute atomic E-state index is 12.5. The SMILES string of the molecule is Cc1cc(NN)c(C(=O)N(C)Cc2cccc(C)n2)cn1. The second kappa shape index (κ2) is 6.32. The molecule has 110 valence electrons. The van der Waals surface area contributed by atoms with Crippen LogP contribution in [0.1, 0.15) is 27.4 Å². The molecular formula is C15H19N5O. The number of nitrogen functional groups attached to an aromatic ring is 1. The van der Waals surface area contributed by atoms with Crippen LogP contribution in [0.5, 0.6) is 0 Å². The van der Waals surface area contributed by atoms with Crippen LogP contribution in [-0.2, 0) is 6.54 Å². The predicted molar refractivity (Wildman–Crippen MR) is 81.6 cm³/mol. The monoisotopic (exact) mass is 285 g/mol. The molecule has 0 aliphatic carbocycles. The molecule has 6 heteroatoms. The van der Waals surface area contributed by atoms with Crippen LogP contribution in [0.25, 0.3) is 0 Å². The number of aromatic nitrogens is 2. The molecule has 6 nitrogen and oxygen atoms in total. The number of nitrogens with one attached hydrogen (secondary N) is 1. The molecule has 0 aliphatic rings. The number of carbonyl (C=O) groups excluding carboxylic acids is 1. The molecule has 0 aromatic carbocycles. The van der Waals surface area contributed by atoms with Gasteiger partial charge in [0.15, 0.2) is 0 Å². The Bertz CT molecular complexity index is 656. The Morgan fingerprint density at radius 3 is 2.76 bits per heavy atom. The molecule has 0 unspecified atom stereocenters. The van der Waals surface area contributed by atoms with Crippen LogP contribution in [0, 0.1) is 13.8 Å². The van der Waals surface area contributed by atoms with E-state index in [1.165, 1.54) is 6.20 Å². The van der Waals surface area contributed by atoms with Gasteiger partial charge in [-0.25, -0.2) is 0 Å². The molecule has 0 atom stereocenters. The number of carbonyl (C=O) groups is 1. The van der Waals surface area contributed by atoms with Crippen molar-refractivity contribution in [3.8, 4) is 0 Å². The maximum atomic E-state index is 12.5. The van der Waals surface area contributed by atoms with Crippen molar-refractivity contribution in [3.63, 3.8) is 0 Å². The predicted octanol–water partition coefficient (Wildman–Crippen LogP) is 1.65. The molecule has 0 spiro atoms. The molecule has 2 aromatic heterocycles. The van der Waals surface area contributed by atoms with Crippen molar-refractivity contribution in [1.29, 1.82) is 0 Å². The summed E-state index contributed by atoms with van der Waals surface area (Å²) >= 11 is 0. The Morgan fingerprint density at radius 2 is 2.10 bits per heavy atom. The van der Waals surface area contributed by atoms with Crippen LogP contribution in [0.4, 0.5) is 5.69 Å². The number of hydrogen-bond donors (Lipinski definition) is 2. The van der Waals surface area contributed by atoms with Gasteiger partial charge in [0.25, 0.3) is 5.91 Å². The van der Waals surface area contributed by atoms with E-state index < -0.39 is 0 Å². The van der Waals surface area contributed by atoms with Crippen molar-refractivity contribution in [2.45, 2.75) is 20.4 Å². The molecule has 2 aromatic rings. The van der Waals surface area contributed by atoms with Gasteiger partial charge >= 0.3 is 0 Å². The Hall–Kier alpha value is -2.47. The summed E-state index contributed by atoms with van der Waals surface area (Å²) in [5.74, 6) is 5.32. The minimum Gasteiger partial charge on any atom is -0.336 e. The van der Waals surface area contributed by atoms with Crippen LogP contribution < -0.4 is 11.3 Å². The quantitative estimate of drug-likeness (QED) is 0.659. The number of amides is 1. The minimum atomic E-state index is -0.154. The summed E-state index contributed by atoms with van der Waals surface area (Å²) < 4.78 is 0. The number of anilines is 1. The van der Waals surface area contributed by atoms with Gasteiger partial charge < -0.3 is 10.3 Å². The molecule has 0 aliphatic heterocycles. The summed E-state index contributed by atoms with van der Waals surface area (Å²) in [6.07, 6.45) is 1.53. The summed E-state index contributed by atoms with van der Waals surface area (Å²) in [7, 11) is 1.73. The average Bonchev–Trinajstić information content (AvgIpc) is 2.46. The summed E-state index contributed by atoms with van der Waals surface area (Å²) in [5.41, 5.74) is 6.11. The van der Waals surface area contributed by atoms with E-state index in [9.17, 15) is 4.79 Å². The third kappa shape index (κ3) is 3.55. The van der Waals surface area contributed by atoms with E-state index in [2.05, 4.69) is 15.4 Å². The first-order valence-corrected chi connectivity index (χ1v) is 6.62. The van der Waals surface area contributed by atoms with Gasteiger partial charge in [-0.05, 0) is 32.0 Å². The number of rotatable bonds is 4. The largest absolute Gasteiger partial charge is 0.336 e.